The molecule has 0 saturated heterocycles. The first-order valence-corrected chi connectivity index (χ1v) is 4.88. The molecule has 1 N–H and O–H groups in total. The van der Waals surface area contributed by atoms with Crippen molar-refractivity contribution in [1.82, 2.24) is 9.97 Å². The van der Waals surface area contributed by atoms with Gasteiger partial charge in [-0.2, -0.15) is 0 Å². The summed E-state index contributed by atoms with van der Waals surface area (Å²) in [5.74, 6) is 0.634. The number of aliphatic hydroxyl groups excluding tert-OH is 1. The van der Waals surface area contributed by atoms with E-state index in [1.54, 1.807) is 7.11 Å². The summed E-state index contributed by atoms with van der Waals surface area (Å²) >= 11 is 5.84. The predicted molar refractivity (Wildman–Crippen MR) is 58.1 cm³/mol. The molecule has 5 nitrogen and oxygen atoms in total. The van der Waals surface area contributed by atoms with Gasteiger partial charge in [0.2, 0.25) is 0 Å². The van der Waals surface area contributed by atoms with Crippen LogP contribution in [0.25, 0.3) is 0 Å². The second kappa shape index (κ2) is 5.85. The first kappa shape index (κ1) is 12.2. The Hall–Kier alpha value is -0.910. The summed E-state index contributed by atoms with van der Waals surface area (Å²) in [6.45, 7) is 1.09. The van der Waals surface area contributed by atoms with Crippen LogP contribution in [0.2, 0.25) is 5.15 Å². The summed E-state index contributed by atoms with van der Waals surface area (Å²) in [6, 6.07) is 0. The number of halogens is 1. The standard InChI is InChI=1S/C9H14ClN3O2/c1-13(3-4-15-2)9-7(5-14)8(10)11-6-12-9/h6,14H,3-5H2,1-2H3. The van der Waals surface area contributed by atoms with Crippen molar-refractivity contribution >= 4 is 17.4 Å². The van der Waals surface area contributed by atoms with E-state index < -0.39 is 0 Å². The van der Waals surface area contributed by atoms with Crippen LogP contribution in [-0.2, 0) is 11.3 Å². The van der Waals surface area contributed by atoms with E-state index in [4.69, 9.17) is 21.4 Å². The van der Waals surface area contributed by atoms with Gasteiger partial charge in [-0.15, -0.1) is 0 Å². The Bertz CT molecular complexity index is 322. The summed E-state index contributed by atoms with van der Waals surface area (Å²) in [5, 5.41) is 9.44. The van der Waals surface area contributed by atoms with Gasteiger partial charge in [0.1, 0.15) is 17.3 Å². The fourth-order valence-corrected chi connectivity index (χ4v) is 1.37. The second-order valence-corrected chi connectivity index (χ2v) is 3.40. The first-order valence-electron chi connectivity index (χ1n) is 4.51. The normalized spacial score (nSPS) is 10.4. The van der Waals surface area contributed by atoms with Gasteiger partial charge in [0.05, 0.1) is 18.8 Å². The molecule has 0 unspecified atom stereocenters. The Morgan fingerprint density at radius 1 is 1.53 bits per heavy atom. The number of aromatic nitrogens is 2. The molecule has 1 rings (SSSR count). The van der Waals surface area contributed by atoms with Gasteiger partial charge < -0.3 is 14.7 Å². The summed E-state index contributed by atoms with van der Waals surface area (Å²) in [4.78, 5) is 9.75. The molecule has 0 amide bonds. The third kappa shape index (κ3) is 3.02. The van der Waals surface area contributed by atoms with E-state index in [2.05, 4.69) is 9.97 Å². The van der Waals surface area contributed by atoms with Crippen LogP contribution in [0.4, 0.5) is 5.82 Å². The van der Waals surface area contributed by atoms with Gasteiger partial charge in [0.25, 0.3) is 0 Å². The molecule has 0 atom stereocenters. The monoisotopic (exact) mass is 231 g/mol. The van der Waals surface area contributed by atoms with E-state index >= 15 is 0 Å². The highest BCUT2D eigenvalue weighted by Crippen LogP contribution is 2.21. The van der Waals surface area contributed by atoms with E-state index in [9.17, 15) is 0 Å². The van der Waals surface area contributed by atoms with Crippen LogP contribution in [0.5, 0.6) is 0 Å². The van der Waals surface area contributed by atoms with E-state index in [0.29, 0.717) is 24.5 Å². The van der Waals surface area contributed by atoms with Gasteiger partial charge in [-0.05, 0) is 0 Å². The van der Waals surface area contributed by atoms with Crippen molar-refractivity contribution in [2.45, 2.75) is 6.61 Å². The number of hydrogen-bond acceptors (Lipinski definition) is 5. The molecule has 0 aliphatic heterocycles. The molecule has 0 aromatic carbocycles. The zero-order chi connectivity index (χ0) is 11.3. The molecule has 0 radical (unpaired) electrons. The van der Waals surface area contributed by atoms with Gasteiger partial charge >= 0.3 is 0 Å². The first-order chi connectivity index (χ1) is 7.20. The van der Waals surface area contributed by atoms with Gasteiger partial charge in [-0.1, -0.05) is 11.6 Å². The second-order valence-electron chi connectivity index (χ2n) is 3.04. The lowest BCUT2D eigenvalue weighted by molar-refractivity contribution is 0.206. The maximum Gasteiger partial charge on any atom is 0.140 e. The van der Waals surface area contributed by atoms with Crippen LogP contribution in [0.3, 0.4) is 0 Å². The van der Waals surface area contributed by atoms with Crippen molar-refractivity contribution in [2.24, 2.45) is 0 Å². The lowest BCUT2D eigenvalue weighted by Crippen LogP contribution is -2.24. The van der Waals surface area contributed by atoms with Crippen LogP contribution in [-0.4, -0.2) is 42.4 Å². The van der Waals surface area contributed by atoms with Gasteiger partial charge in [0.15, 0.2) is 0 Å². The summed E-state index contributed by atoms with van der Waals surface area (Å²) in [5.41, 5.74) is 0.540. The lowest BCUT2D eigenvalue weighted by Gasteiger charge is -2.20. The zero-order valence-corrected chi connectivity index (χ0v) is 9.53. The van der Waals surface area contributed by atoms with E-state index in [1.807, 2.05) is 11.9 Å². The molecule has 15 heavy (non-hydrogen) atoms. The third-order valence-electron chi connectivity index (χ3n) is 2.02. The Kier molecular flexibility index (Phi) is 4.74. The van der Waals surface area contributed by atoms with Crippen LogP contribution in [0, 0.1) is 0 Å². The van der Waals surface area contributed by atoms with Crippen LogP contribution in [0.15, 0.2) is 6.33 Å². The summed E-state index contributed by atoms with van der Waals surface area (Å²) < 4.78 is 4.96. The minimum absolute atomic E-state index is 0.174. The summed E-state index contributed by atoms with van der Waals surface area (Å²) in [7, 11) is 3.49. The minimum Gasteiger partial charge on any atom is -0.391 e. The summed E-state index contributed by atoms with van der Waals surface area (Å²) in [6.07, 6.45) is 1.38. The number of likely N-dealkylation sites (N-methyl/N-ethyl adjacent to an activating group) is 1. The smallest absolute Gasteiger partial charge is 0.140 e. The van der Waals surface area contributed by atoms with Crippen LogP contribution in [0.1, 0.15) is 5.56 Å². The van der Waals surface area contributed by atoms with Crippen LogP contribution >= 0.6 is 11.6 Å². The number of ether oxygens (including phenoxy) is 1. The molecule has 1 aromatic heterocycles. The van der Waals surface area contributed by atoms with E-state index in [-0.39, 0.29) is 11.8 Å². The van der Waals surface area contributed by atoms with Crippen molar-refractivity contribution in [1.29, 1.82) is 0 Å². The molecular weight excluding hydrogens is 218 g/mol. The quantitative estimate of drug-likeness (QED) is 0.757. The molecule has 1 heterocycles. The van der Waals surface area contributed by atoms with Gasteiger partial charge in [-0.3, -0.25) is 0 Å². The Morgan fingerprint density at radius 3 is 2.87 bits per heavy atom. The molecule has 0 bridgehead atoms. The van der Waals surface area contributed by atoms with Crippen molar-refractivity contribution < 1.29 is 9.84 Å². The maximum absolute atomic E-state index is 9.15. The number of hydrogen-bond donors (Lipinski definition) is 1. The number of methoxy groups -OCH3 is 1. The van der Waals surface area contributed by atoms with E-state index in [0.717, 1.165) is 0 Å². The number of nitrogens with zero attached hydrogens (tertiary/aromatic N) is 3. The lowest BCUT2D eigenvalue weighted by atomic mass is 10.3. The largest absolute Gasteiger partial charge is 0.391 e. The molecular formula is C9H14ClN3O2. The number of anilines is 1. The SMILES string of the molecule is COCCN(C)c1ncnc(Cl)c1CO. The average molecular weight is 232 g/mol. The molecule has 0 saturated carbocycles. The maximum atomic E-state index is 9.15. The Labute approximate surface area is 93.7 Å². The van der Waals surface area contributed by atoms with E-state index in [1.165, 1.54) is 6.33 Å². The average Bonchev–Trinajstić information content (AvgIpc) is 2.25. The topological polar surface area (TPSA) is 58.5 Å². The molecule has 0 aliphatic rings. The minimum atomic E-state index is -0.174. The predicted octanol–water partition coefficient (Wildman–Crippen LogP) is 0.705. The zero-order valence-electron chi connectivity index (χ0n) is 8.77. The number of rotatable bonds is 5. The molecule has 1 aromatic rings. The fourth-order valence-electron chi connectivity index (χ4n) is 1.18. The molecule has 0 fully saturated rings. The van der Waals surface area contributed by atoms with Gasteiger partial charge in [-0.25, -0.2) is 9.97 Å². The molecule has 0 aliphatic carbocycles. The van der Waals surface area contributed by atoms with Crippen molar-refractivity contribution in [2.75, 3.05) is 32.2 Å². The Balaban J connectivity index is 2.87. The molecule has 6 heteroatoms. The molecule has 0 spiro atoms. The highest BCUT2D eigenvalue weighted by atomic mass is 35.5. The van der Waals surface area contributed by atoms with Gasteiger partial charge in [0, 0.05) is 20.7 Å². The number of aliphatic hydroxyl groups is 1. The highest BCUT2D eigenvalue weighted by molar-refractivity contribution is 6.30. The van der Waals surface area contributed by atoms with Crippen molar-refractivity contribution in [3.8, 4) is 0 Å². The van der Waals surface area contributed by atoms with Crippen LogP contribution < -0.4 is 4.90 Å². The van der Waals surface area contributed by atoms with Crippen molar-refractivity contribution in [3.05, 3.63) is 17.0 Å². The van der Waals surface area contributed by atoms with Crippen molar-refractivity contribution in [3.63, 3.8) is 0 Å². The third-order valence-corrected chi connectivity index (χ3v) is 2.35. The Morgan fingerprint density at radius 2 is 2.27 bits per heavy atom. The highest BCUT2D eigenvalue weighted by Gasteiger charge is 2.12. The fraction of sp³-hybridized carbons (Fsp3) is 0.556. The molecule has 84 valence electrons.